The normalized spacial score (nSPS) is 10.6. The minimum Gasteiger partial charge on any atom is -0.497 e. The van der Waals surface area contributed by atoms with Gasteiger partial charge >= 0.3 is 0 Å². The molecule has 0 saturated carbocycles. The molecule has 0 bridgehead atoms. The van der Waals surface area contributed by atoms with Crippen molar-refractivity contribution in [2.45, 2.75) is 6.42 Å². The maximum Gasteiger partial charge on any atom is 0.255 e. The molecule has 7 heteroatoms. The number of para-hydroxylation sites is 2. The number of hydrogen-bond acceptors (Lipinski definition) is 5. The van der Waals surface area contributed by atoms with Crippen molar-refractivity contribution >= 4 is 5.91 Å². The third-order valence-corrected chi connectivity index (χ3v) is 5.52. The van der Waals surface area contributed by atoms with E-state index >= 15 is 0 Å². The zero-order valence-corrected chi connectivity index (χ0v) is 19.4. The predicted octanol–water partition coefficient (Wildman–Crippen LogP) is 4.54. The number of carbonyl (C=O) groups is 1. The number of benzene rings is 3. The second-order valence-electron chi connectivity index (χ2n) is 7.56. The summed E-state index contributed by atoms with van der Waals surface area (Å²) in [4.78, 5) is 13.3. The first-order valence-electron chi connectivity index (χ1n) is 10.9. The molecule has 1 aromatic heterocycles. The van der Waals surface area contributed by atoms with Gasteiger partial charge in [0.05, 0.1) is 32.6 Å². The van der Waals surface area contributed by atoms with Crippen LogP contribution in [0.25, 0.3) is 16.9 Å². The van der Waals surface area contributed by atoms with Crippen LogP contribution < -0.4 is 19.5 Å². The number of hydrogen-bond donors (Lipinski definition) is 1. The first-order valence-corrected chi connectivity index (χ1v) is 10.9. The number of rotatable bonds is 9. The van der Waals surface area contributed by atoms with E-state index in [9.17, 15) is 4.79 Å². The lowest BCUT2D eigenvalue weighted by molar-refractivity contribution is 0.0954. The summed E-state index contributed by atoms with van der Waals surface area (Å²) in [7, 11) is 4.84. The minimum atomic E-state index is -0.212. The highest BCUT2D eigenvalue weighted by Gasteiger charge is 2.21. The summed E-state index contributed by atoms with van der Waals surface area (Å²) in [5.41, 5.74) is 3.62. The van der Waals surface area contributed by atoms with Crippen LogP contribution in [0.2, 0.25) is 0 Å². The molecule has 34 heavy (non-hydrogen) atoms. The molecule has 1 amide bonds. The first-order chi connectivity index (χ1) is 16.6. The second-order valence-corrected chi connectivity index (χ2v) is 7.56. The summed E-state index contributed by atoms with van der Waals surface area (Å²) in [6, 6.07) is 22.9. The van der Waals surface area contributed by atoms with Crippen LogP contribution >= 0.6 is 0 Å². The molecule has 0 aliphatic rings. The molecule has 4 rings (SSSR count). The fraction of sp³-hybridized carbons (Fsp3) is 0.185. The molecule has 0 atom stereocenters. The largest absolute Gasteiger partial charge is 0.497 e. The molecule has 0 saturated heterocycles. The van der Waals surface area contributed by atoms with Crippen LogP contribution in [0.15, 0.2) is 79.0 Å². The summed E-state index contributed by atoms with van der Waals surface area (Å²) in [5, 5.41) is 7.75. The molecule has 0 radical (unpaired) electrons. The van der Waals surface area contributed by atoms with Crippen molar-refractivity contribution in [2.24, 2.45) is 0 Å². The van der Waals surface area contributed by atoms with Gasteiger partial charge in [0.2, 0.25) is 0 Å². The number of aromatic nitrogens is 2. The van der Waals surface area contributed by atoms with Gasteiger partial charge < -0.3 is 19.5 Å². The van der Waals surface area contributed by atoms with Gasteiger partial charge in [-0.05, 0) is 42.3 Å². The third-order valence-electron chi connectivity index (χ3n) is 5.52. The van der Waals surface area contributed by atoms with Crippen LogP contribution in [0.3, 0.4) is 0 Å². The molecule has 1 heterocycles. The van der Waals surface area contributed by atoms with Gasteiger partial charge in [0.15, 0.2) is 0 Å². The summed E-state index contributed by atoms with van der Waals surface area (Å²) >= 11 is 0. The van der Waals surface area contributed by atoms with Gasteiger partial charge in [-0.2, -0.15) is 5.10 Å². The maximum atomic E-state index is 13.3. The highest BCUT2D eigenvalue weighted by atomic mass is 16.5. The summed E-state index contributed by atoms with van der Waals surface area (Å²) < 4.78 is 18.0. The summed E-state index contributed by atoms with van der Waals surface area (Å²) in [6.45, 7) is 0.434. The molecule has 3 aromatic carbocycles. The van der Waals surface area contributed by atoms with E-state index in [4.69, 9.17) is 19.3 Å². The van der Waals surface area contributed by atoms with E-state index in [1.165, 1.54) is 0 Å². The minimum absolute atomic E-state index is 0.212. The van der Waals surface area contributed by atoms with Gasteiger partial charge in [-0.25, -0.2) is 4.68 Å². The molecule has 0 aliphatic carbocycles. The van der Waals surface area contributed by atoms with E-state index in [1.807, 2.05) is 72.8 Å². The van der Waals surface area contributed by atoms with Crippen molar-refractivity contribution in [3.05, 3.63) is 90.1 Å². The third kappa shape index (κ3) is 4.88. The lowest BCUT2D eigenvalue weighted by Crippen LogP contribution is -2.26. The lowest BCUT2D eigenvalue weighted by atomic mass is 10.1. The Morgan fingerprint density at radius 3 is 2.35 bits per heavy atom. The Kier molecular flexibility index (Phi) is 7.13. The lowest BCUT2D eigenvalue weighted by Gasteiger charge is -2.11. The van der Waals surface area contributed by atoms with Crippen molar-refractivity contribution < 1.29 is 19.0 Å². The van der Waals surface area contributed by atoms with E-state index in [0.717, 1.165) is 28.3 Å². The Hall–Kier alpha value is -4.26. The topological polar surface area (TPSA) is 74.6 Å². The molecule has 0 spiro atoms. The fourth-order valence-electron chi connectivity index (χ4n) is 3.76. The predicted molar refractivity (Wildman–Crippen MR) is 131 cm³/mol. The molecule has 0 unspecified atom stereocenters. The standard InChI is InChI=1S/C27H27N3O4/c1-32-21-14-13-19(25(17-21)34-3)15-16-28-27(31)23-18-30(20-9-5-4-6-10-20)29-26(23)22-11-7-8-12-24(22)33-2/h4-14,17-18H,15-16H2,1-3H3,(H,28,31). The maximum absolute atomic E-state index is 13.3. The van der Waals surface area contributed by atoms with Gasteiger partial charge in [0.25, 0.3) is 5.91 Å². The van der Waals surface area contributed by atoms with E-state index in [2.05, 4.69) is 5.32 Å². The number of nitrogens with one attached hydrogen (secondary N) is 1. The molecule has 0 fully saturated rings. The zero-order chi connectivity index (χ0) is 23.9. The van der Waals surface area contributed by atoms with Crippen molar-refractivity contribution in [3.63, 3.8) is 0 Å². The monoisotopic (exact) mass is 457 g/mol. The van der Waals surface area contributed by atoms with Crippen molar-refractivity contribution in [3.8, 4) is 34.2 Å². The van der Waals surface area contributed by atoms with Gasteiger partial charge in [-0.15, -0.1) is 0 Å². The van der Waals surface area contributed by atoms with E-state index in [-0.39, 0.29) is 5.91 Å². The molecule has 7 nitrogen and oxygen atoms in total. The molecule has 4 aromatic rings. The number of carbonyl (C=O) groups excluding carboxylic acids is 1. The average molecular weight is 458 g/mol. The highest BCUT2D eigenvalue weighted by molar-refractivity contribution is 6.00. The van der Waals surface area contributed by atoms with Crippen LogP contribution in [0.5, 0.6) is 17.2 Å². The van der Waals surface area contributed by atoms with Crippen LogP contribution in [-0.2, 0) is 6.42 Å². The van der Waals surface area contributed by atoms with Crippen molar-refractivity contribution in [1.82, 2.24) is 15.1 Å². The summed E-state index contributed by atoms with van der Waals surface area (Å²) in [6.07, 6.45) is 2.36. The molecule has 1 N–H and O–H groups in total. The Morgan fingerprint density at radius 1 is 0.882 bits per heavy atom. The number of amides is 1. The Morgan fingerprint density at radius 2 is 1.62 bits per heavy atom. The van der Waals surface area contributed by atoms with E-state index in [0.29, 0.717) is 30.0 Å². The highest BCUT2D eigenvalue weighted by Crippen LogP contribution is 2.32. The van der Waals surface area contributed by atoms with Crippen LogP contribution in [0, 0.1) is 0 Å². The van der Waals surface area contributed by atoms with Crippen LogP contribution in [0.4, 0.5) is 0 Å². The second kappa shape index (κ2) is 10.6. The van der Waals surface area contributed by atoms with Gasteiger partial charge in [0.1, 0.15) is 22.9 Å². The number of methoxy groups -OCH3 is 3. The SMILES string of the molecule is COc1ccc(CCNC(=O)c2cn(-c3ccccc3)nc2-c2ccccc2OC)c(OC)c1. The van der Waals surface area contributed by atoms with Crippen LogP contribution in [0.1, 0.15) is 15.9 Å². The van der Waals surface area contributed by atoms with E-state index < -0.39 is 0 Å². The molecular weight excluding hydrogens is 430 g/mol. The first kappa shape index (κ1) is 22.9. The van der Waals surface area contributed by atoms with Gasteiger partial charge in [0, 0.05) is 24.4 Å². The molecule has 0 aliphatic heterocycles. The van der Waals surface area contributed by atoms with E-state index in [1.54, 1.807) is 32.2 Å². The van der Waals surface area contributed by atoms with Gasteiger partial charge in [-0.1, -0.05) is 36.4 Å². The van der Waals surface area contributed by atoms with Crippen molar-refractivity contribution in [1.29, 1.82) is 0 Å². The van der Waals surface area contributed by atoms with Gasteiger partial charge in [-0.3, -0.25) is 4.79 Å². The quantitative estimate of drug-likeness (QED) is 0.400. The number of ether oxygens (including phenoxy) is 3. The molecular formula is C27H27N3O4. The Bertz CT molecular complexity index is 1270. The fourth-order valence-corrected chi connectivity index (χ4v) is 3.76. The van der Waals surface area contributed by atoms with Crippen LogP contribution in [-0.4, -0.2) is 43.6 Å². The average Bonchev–Trinajstić information content (AvgIpc) is 3.34. The Labute approximate surface area is 198 Å². The summed E-state index contributed by atoms with van der Waals surface area (Å²) in [5.74, 6) is 1.88. The zero-order valence-electron chi connectivity index (χ0n) is 19.4. The smallest absolute Gasteiger partial charge is 0.255 e. The van der Waals surface area contributed by atoms with Crippen molar-refractivity contribution in [2.75, 3.05) is 27.9 Å². The molecule has 174 valence electrons. The Balaban J connectivity index is 1.60. The number of nitrogens with zero attached hydrogens (tertiary/aromatic N) is 2.